The van der Waals surface area contributed by atoms with Crippen LogP contribution in [0, 0.1) is 11.7 Å². The van der Waals surface area contributed by atoms with Crippen LogP contribution in [0.4, 0.5) is 17.6 Å². The number of piperidine rings is 1. The minimum atomic E-state index is -4.55. The van der Waals surface area contributed by atoms with Crippen molar-refractivity contribution >= 4 is 5.91 Å². The van der Waals surface area contributed by atoms with Gasteiger partial charge >= 0.3 is 6.18 Å². The average molecular weight is 434 g/mol. The first-order valence-corrected chi connectivity index (χ1v) is 9.71. The van der Waals surface area contributed by atoms with Gasteiger partial charge in [-0.3, -0.25) is 9.78 Å². The molecule has 4 rings (SSSR count). The predicted octanol–water partition coefficient (Wildman–Crippen LogP) is 4.38. The summed E-state index contributed by atoms with van der Waals surface area (Å²) in [5.41, 5.74) is -0.691. The van der Waals surface area contributed by atoms with Gasteiger partial charge in [0.2, 0.25) is 11.7 Å². The molecule has 162 valence electrons. The van der Waals surface area contributed by atoms with Crippen LogP contribution >= 0.6 is 0 Å². The van der Waals surface area contributed by atoms with Gasteiger partial charge in [0.25, 0.3) is 5.91 Å². The van der Waals surface area contributed by atoms with E-state index in [0.717, 1.165) is 31.2 Å². The highest BCUT2D eigenvalue weighted by atomic mass is 19.4. The maximum Gasteiger partial charge on any atom is 0.433 e. The van der Waals surface area contributed by atoms with Crippen LogP contribution in [-0.4, -0.2) is 39.0 Å². The minimum absolute atomic E-state index is 0.0361. The van der Waals surface area contributed by atoms with Crippen LogP contribution in [0.1, 0.15) is 34.8 Å². The number of aromatic nitrogens is 3. The van der Waals surface area contributed by atoms with Crippen LogP contribution in [0.5, 0.6) is 0 Å². The van der Waals surface area contributed by atoms with Gasteiger partial charge < -0.3 is 9.42 Å². The molecule has 1 atom stereocenters. The third-order valence-corrected chi connectivity index (χ3v) is 5.15. The molecule has 1 aromatic carbocycles. The molecule has 0 aliphatic carbocycles. The van der Waals surface area contributed by atoms with E-state index in [1.54, 1.807) is 23.1 Å². The van der Waals surface area contributed by atoms with E-state index >= 15 is 0 Å². The summed E-state index contributed by atoms with van der Waals surface area (Å²) in [5, 5.41) is 3.84. The SMILES string of the molecule is O=C(c1ccc(C(F)(F)F)nc1)N1CCCC(Cc2nc(-c3ccccc3F)no2)C1. The highest BCUT2D eigenvalue weighted by Gasteiger charge is 2.33. The number of carbonyl (C=O) groups is 1. The monoisotopic (exact) mass is 434 g/mol. The summed E-state index contributed by atoms with van der Waals surface area (Å²) < 4.78 is 57.2. The molecule has 1 aliphatic heterocycles. The lowest BCUT2D eigenvalue weighted by Gasteiger charge is -2.32. The third-order valence-electron chi connectivity index (χ3n) is 5.15. The van der Waals surface area contributed by atoms with Gasteiger partial charge in [0.1, 0.15) is 11.5 Å². The van der Waals surface area contributed by atoms with E-state index in [4.69, 9.17) is 4.52 Å². The van der Waals surface area contributed by atoms with Crippen molar-refractivity contribution < 1.29 is 26.9 Å². The predicted molar refractivity (Wildman–Crippen MR) is 101 cm³/mol. The Kier molecular flexibility index (Phi) is 5.71. The maximum absolute atomic E-state index is 13.9. The molecule has 1 saturated heterocycles. The Morgan fingerprint density at radius 3 is 2.71 bits per heavy atom. The average Bonchev–Trinajstić information content (AvgIpc) is 3.21. The Morgan fingerprint density at radius 1 is 1.19 bits per heavy atom. The van der Waals surface area contributed by atoms with Gasteiger partial charge in [0.05, 0.1) is 11.1 Å². The quantitative estimate of drug-likeness (QED) is 0.570. The highest BCUT2D eigenvalue weighted by molar-refractivity contribution is 5.94. The van der Waals surface area contributed by atoms with Crippen LogP contribution in [-0.2, 0) is 12.6 Å². The van der Waals surface area contributed by atoms with E-state index in [9.17, 15) is 22.4 Å². The van der Waals surface area contributed by atoms with Crippen molar-refractivity contribution in [1.82, 2.24) is 20.0 Å². The van der Waals surface area contributed by atoms with Crippen LogP contribution in [0.15, 0.2) is 47.1 Å². The number of nitrogens with zero attached hydrogens (tertiary/aromatic N) is 4. The van der Waals surface area contributed by atoms with E-state index in [1.807, 2.05) is 0 Å². The van der Waals surface area contributed by atoms with Gasteiger partial charge in [0.15, 0.2) is 0 Å². The van der Waals surface area contributed by atoms with Crippen molar-refractivity contribution in [2.24, 2.45) is 5.92 Å². The molecule has 0 N–H and O–H groups in total. The summed E-state index contributed by atoms with van der Waals surface area (Å²) in [4.78, 5) is 21.9. The third kappa shape index (κ3) is 4.73. The fraction of sp³-hybridized carbons (Fsp3) is 0.333. The molecule has 3 aromatic rings. The number of hydrogen-bond acceptors (Lipinski definition) is 5. The summed E-state index contributed by atoms with van der Waals surface area (Å²) in [7, 11) is 0. The molecule has 0 radical (unpaired) electrons. The first-order chi connectivity index (χ1) is 14.8. The molecule has 0 saturated carbocycles. The first kappa shape index (κ1) is 21.0. The Labute approximate surface area is 174 Å². The zero-order valence-electron chi connectivity index (χ0n) is 16.3. The van der Waals surface area contributed by atoms with E-state index in [-0.39, 0.29) is 28.8 Å². The second-order valence-corrected chi connectivity index (χ2v) is 7.38. The molecular weight excluding hydrogens is 416 g/mol. The van der Waals surface area contributed by atoms with Crippen molar-refractivity contribution in [1.29, 1.82) is 0 Å². The second-order valence-electron chi connectivity index (χ2n) is 7.38. The molecule has 3 heterocycles. The summed E-state index contributed by atoms with van der Waals surface area (Å²) in [6.45, 7) is 0.901. The van der Waals surface area contributed by atoms with Crippen molar-refractivity contribution in [2.45, 2.75) is 25.4 Å². The number of halogens is 4. The molecule has 6 nitrogen and oxygen atoms in total. The highest BCUT2D eigenvalue weighted by Crippen LogP contribution is 2.28. The number of hydrogen-bond donors (Lipinski definition) is 0. The van der Waals surface area contributed by atoms with Crippen molar-refractivity contribution in [3.05, 3.63) is 65.6 Å². The number of pyridine rings is 1. The van der Waals surface area contributed by atoms with Crippen molar-refractivity contribution in [3.63, 3.8) is 0 Å². The zero-order chi connectivity index (χ0) is 22.0. The summed E-state index contributed by atoms with van der Waals surface area (Å²) in [6, 6.07) is 8.06. The Hall–Kier alpha value is -3.30. The number of alkyl halides is 3. The fourth-order valence-electron chi connectivity index (χ4n) is 3.62. The maximum atomic E-state index is 13.9. The molecule has 2 aromatic heterocycles. The van der Waals surface area contributed by atoms with Gasteiger partial charge in [-0.15, -0.1) is 0 Å². The largest absolute Gasteiger partial charge is 0.433 e. The van der Waals surface area contributed by atoms with Gasteiger partial charge in [-0.25, -0.2) is 4.39 Å². The van der Waals surface area contributed by atoms with Gasteiger partial charge in [-0.2, -0.15) is 18.2 Å². The second kappa shape index (κ2) is 8.44. The Balaban J connectivity index is 1.41. The first-order valence-electron chi connectivity index (χ1n) is 9.71. The van der Waals surface area contributed by atoms with Crippen LogP contribution < -0.4 is 0 Å². The minimum Gasteiger partial charge on any atom is -0.339 e. The molecule has 1 unspecified atom stereocenters. The number of amides is 1. The van der Waals surface area contributed by atoms with E-state index in [0.29, 0.717) is 25.4 Å². The lowest BCUT2D eigenvalue weighted by Crippen LogP contribution is -2.40. The van der Waals surface area contributed by atoms with E-state index < -0.39 is 17.7 Å². The summed E-state index contributed by atoms with van der Waals surface area (Å²) in [5.74, 6) is -0.284. The normalized spacial score (nSPS) is 17.0. The number of carbonyl (C=O) groups excluding carboxylic acids is 1. The Morgan fingerprint density at radius 2 is 2.00 bits per heavy atom. The molecule has 1 fully saturated rings. The number of likely N-dealkylation sites (tertiary alicyclic amines) is 1. The smallest absolute Gasteiger partial charge is 0.339 e. The molecule has 31 heavy (non-hydrogen) atoms. The van der Waals surface area contributed by atoms with Gasteiger partial charge in [-0.1, -0.05) is 17.3 Å². The summed E-state index contributed by atoms with van der Waals surface area (Å²) in [6.07, 6.45) is -1.63. The van der Waals surface area contributed by atoms with Crippen LogP contribution in [0.3, 0.4) is 0 Å². The van der Waals surface area contributed by atoms with E-state index in [2.05, 4.69) is 15.1 Å². The molecule has 0 spiro atoms. The van der Waals surface area contributed by atoms with Gasteiger partial charge in [-0.05, 0) is 43.0 Å². The van der Waals surface area contributed by atoms with Crippen LogP contribution in [0.25, 0.3) is 11.4 Å². The molecule has 1 amide bonds. The molecule has 0 bridgehead atoms. The topological polar surface area (TPSA) is 72.1 Å². The lowest BCUT2D eigenvalue weighted by atomic mass is 9.94. The number of benzene rings is 1. The Bertz CT molecular complexity index is 1070. The fourth-order valence-corrected chi connectivity index (χ4v) is 3.62. The summed E-state index contributed by atoms with van der Waals surface area (Å²) >= 11 is 0. The van der Waals surface area contributed by atoms with Gasteiger partial charge in [0, 0.05) is 25.7 Å². The standard InChI is InChI=1S/C21H18F4N4O2/c22-16-6-2-1-5-15(16)19-27-18(31-28-19)10-13-4-3-9-29(12-13)20(30)14-7-8-17(26-11-14)21(23,24)25/h1-2,5-8,11,13H,3-4,9-10,12H2. The molecule has 10 heteroatoms. The zero-order valence-corrected chi connectivity index (χ0v) is 16.3. The van der Waals surface area contributed by atoms with Crippen LogP contribution in [0.2, 0.25) is 0 Å². The lowest BCUT2D eigenvalue weighted by molar-refractivity contribution is -0.141. The van der Waals surface area contributed by atoms with E-state index in [1.165, 1.54) is 6.07 Å². The molecular formula is C21H18F4N4O2. The number of rotatable bonds is 4. The molecule has 1 aliphatic rings. The van der Waals surface area contributed by atoms with Crippen molar-refractivity contribution in [2.75, 3.05) is 13.1 Å². The van der Waals surface area contributed by atoms with Crippen molar-refractivity contribution in [3.8, 4) is 11.4 Å².